The van der Waals surface area contributed by atoms with Gasteiger partial charge in [0.2, 0.25) is 5.91 Å². The maximum absolute atomic E-state index is 12.9. The molecule has 1 rings (SSSR count). The van der Waals surface area contributed by atoms with Gasteiger partial charge in [0.1, 0.15) is 5.82 Å². The van der Waals surface area contributed by atoms with Gasteiger partial charge in [-0.1, -0.05) is 18.5 Å². The van der Waals surface area contributed by atoms with E-state index in [2.05, 4.69) is 5.32 Å². The summed E-state index contributed by atoms with van der Waals surface area (Å²) in [6, 6.07) is 4.10. The first-order chi connectivity index (χ1) is 8.52. The third-order valence-electron chi connectivity index (χ3n) is 2.28. The van der Waals surface area contributed by atoms with E-state index in [1.807, 2.05) is 6.92 Å². The highest BCUT2D eigenvalue weighted by atomic mass is 35.5. The van der Waals surface area contributed by atoms with E-state index in [1.165, 1.54) is 30.0 Å². The molecule has 6 heteroatoms. The largest absolute Gasteiger partial charge is 0.330 e. The van der Waals surface area contributed by atoms with Crippen LogP contribution in [0.3, 0.4) is 0 Å². The first kappa shape index (κ1) is 15.3. The first-order valence-electron chi connectivity index (χ1n) is 5.59. The number of amides is 1. The topological polar surface area (TPSA) is 55.1 Å². The summed E-state index contributed by atoms with van der Waals surface area (Å²) >= 11 is 7.16. The molecule has 1 unspecified atom stereocenters. The minimum atomic E-state index is -0.499. The third-order valence-corrected chi connectivity index (χ3v) is 3.80. The minimum Gasteiger partial charge on any atom is -0.330 e. The monoisotopic (exact) mass is 290 g/mol. The van der Waals surface area contributed by atoms with Crippen molar-refractivity contribution in [2.24, 2.45) is 5.73 Å². The van der Waals surface area contributed by atoms with Crippen LogP contribution in [0.25, 0.3) is 0 Å². The second kappa shape index (κ2) is 7.61. The molecule has 0 aliphatic heterocycles. The molecule has 0 aliphatic carbocycles. The number of hydrogen-bond acceptors (Lipinski definition) is 3. The van der Waals surface area contributed by atoms with Crippen molar-refractivity contribution in [3.63, 3.8) is 0 Å². The van der Waals surface area contributed by atoms with Gasteiger partial charge in [-0.05, 0) is 31.2 Å². The number of hydrogen-bond donors (Lipinski definition) is 2. The summed E-state index contributed by atoms with van der Waals surface area (Å²) in [4.78, 5) is 11.6. The van der Waals surface area contributed by atoms with Gasteiger partial charge in [0, 0.05) is 10.9 Å². The van der Waals surface area contributed by atoms with Gasteiger partial charge in [-0.3, -0.25) is 4.79 Å². The average molecular weight is 291 g/mol. The van der Waals surface area contributed by atoms with E-state index in [1.54, 1.807) is 0 Å². The highest BCUT2D eigenvalue weighted by Gasteiger charge is 2.08. The maximum atomic E-state index is 12.9. The lowest BCUT2D eigenvalue weighted by molar-refractivity contribution is -0.113. The molecule has 1 aromatic carbocycles. The number of halogens is 2. The predicted molar refractivity (Wildman–Crippen MR) is 75.6 cm³/mol. The molecule has 0 aliphatic rings. The molecule has 0 radical (unpaired) electrons. The molecule has 3 N–H and O–H groups in total. The van der Waals surface area contributed by atoms with Crippen molar-refractivity contribution in [2.45, 2.75) is 18.6 Å². The second-order valence-corrected chi connectivity index (χ2v) is 5.71. The number of nitrogens with one attached hydrogen (secondary N) is 1. The van der Waals surface area contributed by atoms with E-state index in [9.17, 15) is 9.18 Å². The van der Waals surface area contributed by atoms with Crippen molar-refractivity contribution in [1.29, 1.82) is 0 Å². The van der Waals surface area contributed by atoms with Crippen LogP contribution in [0.5, 0.6) is 0 Å². The van der Waals surface area contributed by atoms with Crippen molar-refractivity contribution < 1.29 is 9.18 Å². The molecule has 0 heterocycles. The van der Waals surface area contributed by atoms with Gasteiger partial charge >= 0.3 is 0 Å². The van der Waals surface area contributed by atoms with Gasteiger partial charge < -0.3 is 11.1 Å². The number of benzene rings is 1. The van der Waals surface area contributed by atoms with Crippen LogP contribution in [0.4, 0.5) is 10.1 Å². The van der Waals surface area contributed by atoms with Crippen molar-refractivity contribution in [3.8, 4) is 0 Å². The standard InChI is InChI=1S/C12H16ClFN2OS/c1-8(4-5-15)18-7-12(17)16-9-2-3-11(14)10(13)6-9/h2-3,6,8H,4-5,7,15H2,1H3,(H,16,17). The van der Waals surface area contributed by atoms with Crippen LogP contribution in [0.15, 0.2) is 18.2 Å². The number of anilines is 1. The zero-order chi connectivity index (χ0) is 13.5. The average Bonchev–Trinajstić information content (AvgIpc) is 2.32. The van der Waals surface area contributed by atoms with Crippen molar-refractivity contribution in [3.05, 3.63) is 29.0 Å². The number of nitrogens with two attached hydrogens (primary N) is 1. The molecular weight excluding hydrogens is 275 g/mol. The molecule has 0 bridgehead atoms. The highest BCUT2D eigenvalue weighted by molar-refractivity contribution is 8.00. The molecule has 0 saturated carbocycles. The van der Waals surface area contributed by atoms with Gasteiger partial charge in [-0.2, -0.15) is 0 Å². The highest BCUT2D eigenvalue weighted by Crippen LogP contribution is 2.20. The Kier molecular flexibility index (Phi) is 6.46. The Morgan fingerprint density at radius 2 is 2.33 bits per heavy atom. The summed E-state index contributed by atoms with van der Waals surface area (Å²) in [6.07, 6.45) is 0.875. The lowest BCUT2D eigenvalue weighted by atomic mass is 10.3. The van der Waals surface area contributed by atoms with Crippen LogP contribution in [0.1, 0.15) is 13.3 Å². The zero-order valence-corrected chi connectivity index (χ0v) is 11.7. The van der Waals surface area contributed by atoms with E-state index >= 15 is 0 Å². The molecule has 1 amide bonds. The lowest BCUT2D eigenvalue weighted by Gasteiger charge is -2.10. The second-order valence-electron chi connectivity index (χ2n) is 3.88. The smallest absolute Gasteiger partial charge is 0.234 e. The molecule has 0 aromatic heterocycles. The third kappa shape index (κ3) is 5.25. The van der Waals surface area contributed by atoms with Crippen LogP contribution in [0.2, 0.25) is 5.02 Å². The molecule has 1 aromatic rings. The van der Waals surface area contributed by atoms with Gasteiger partial charge in [0.25, 0.3) is 0 Å². The van der Waals surface area contributed by atoms with Crippen molar-refractivity contribution in [1.82, 2.24) is 0 Å². The maximum Gasteiger partial charge on any atom is 0.234 e. The van der Waals surface area contributed by atoms with Crippen LogP contribution < -0.4 is 11.1 Å². The molecule has 0 saturated heterocycles. The fraction of sp³-hybridized carbons (Fsp3) is 0.417. The van der Waals surface area contributed by atoms with Crippen LogP contribution in [-0.4, -0.2) is 23.5 Å². The normalized spacial score (nSPS) is 12.2. The van der Waals surface area contributed by atoms with Crippen LogP contribution in [0, 0.1) is 5.82 Å². The summed E-state index contributed by atoms with van der Waals surface area (Å²) in [5.74, 6) is -0.289. The summed E-state index contributed by atoms with van der Waals surface area (Å²) in [5.41, 5.74) is 5.92. The van der Waals surface area contributed by atoms with Crippen LogP contribution in [-0.2, 0) is 4.79 Å². The van der Waals surface area contributed by atoms with Gasteiger partial charge in [-0.25, -0.2) is 4.39 Å². The van der Waals surface area contributed by atoms with Crippen molar-refractivity contribution in [2.75, 3.05) is 17.6 Å². The number of rotatable bonds is 6. The molecule has 1 atom stereocenters. The summed E-state index contributed by atoms with van der Waals surface area (Å²) < 4.78 is 12.9. The van der Waals surface area contributed by atoms with E-state index in [4.69, 9.17) is 17.3 Å². The molecule has 3 nitrogen and oxygen atoms in total. The van der Waals surface area contributed by atoms with Crippen molar-refractivity contribution >= 4 is 35.0 Å². The Morgan fingerprint density at radius 3 is 2.94 bits per heavy atom. The quantitative estimate of drug-likeness (QED) is 0.847. The van der Waals surface area contributed by atoms with Gasteiger partial charge in [0.05, 0.1) is 10.8 Å². The van der Waals surface area contributed by atoms with E-state index < -0.39 is 5.82 Å². The Balaban J connectivity index is 2.42. The fourth-order valence-corrected chi connectivity index (χ4v) is 2.30. The molecule has 18 heavy (non-hydrogen) atoms. The Hall–Kier alpha value is -0.780. The van der Waals surface area contributed by atoms with Gasteiger partial charge in [-0.15, -0.1) is 11.8 Å². The predicted octanol–water partition coefficient (Wildman–Crippen LogP) is 2.89. The number of carbonyl (C=O) groups is 1. The molecule has 0 spiro atoms. The zero-order valence-electron chi connectivity index (χ0n) is 10.1. The lowest BCUT2D eigenvalue weighted by Crippen LogP contribution is -2.17. The molecular formula is C12H16ClFN2OS. The van der Waals surface area contributed by atoms with E-state index in [0.717, 1.165) is 6.42 Å². The Morgan fingerprint density at radius 1 is 1.61 bits per heavy atom. The fourth-order valence-electron chi connectivity index (χ4n) is 1.31. The summed E-state index contributed by atoms with van der Waals surface area (Å²) in [7, 11) is 0. The van der Waals surface area contributed by atoms with Crippen LogP contribution >= 0.6 is 23.4 Å². The minimum absolute atomic E-state index is 0.00282. The van der Waals surface area contributed by atoms with Gasteiger partial charge in [0.15, 0.2) is 0 Å². The SMILES string of the molecule is CC(CCN)SCC(=O)Nc1ccc(F)c(Cl)c1. The number of thioether (sulfide) groups is 1. The molecule has 100 valence electrons. The molecule has 0 fully saturated rings. The van der Waals surface area contributed by atoms with E-state index in [0.29, 0.717) is 23.2 Å². The Bertz CT molecular complexity index is 417. The Labute approximate surface area is 115 Å². The number of carbonyl (C=O) groups excluding carboxylic acids is 1. The first-order valence-corrected chi connectivity index (χ1v) is 7.02. The summed E-state index contributed by atoms with van der Waals surface area (Å²) in [6.45, 7) is 2.64. The summed E-state index contributed by atoms with van der Waals surface area (Å²) in [5, 5.41) is 3.01. The van der Waals surface area contributed by atoms with E-state index in [-0.39, 0.29) is 10.9 Å².